The highest BCUT2D eigenvalue weighted by Crippen LogP contribution is 2.33. The van der Waals surface area contributed by atoms with Gasteiger partial charge in [0.2, 0.25) is 5.91 Å². The zero-order valence-electron chi connectivity index (χ0n) is 19.4. The molecule has 0 saturated heterocycles. The molecule has 0 atom stereocenters. The van der Waals surface area contributed by atoms with E-state index < -0.39 is 12.3 Å². The summed E-state index contributed by atoms with van der Waals surface area (Å²) >= 11 is 6.03. The molecule has 0 radical (unpaired) electrons. The number of aryl methyl sites for hydroxylation is 2. The lowest BCUT2D eigenvalue weighted by molar-refractivity contribution is -0.116. The maximum absolute atomic E-state index is 13.9. The second-order valence-corrected chi connectivity index (χ2v) is 8.78. The Bertz CT molecular complexity index is 1570. The van der Waals surface area contributed by atoms with Crippen molar-refractivity contribution in [3.63, 3.8) is 0 Å². The van der Waals surface area contributed by atoms with E-state index in [1.807, 2.05) is 18.2 Å². The number of hydrogen-bond acceptors (Lipinski definition) is 5. The molecule has 0 saturated carbocycles. The van der Waals surface area contributed by atoms with Gasteiger partial charge in [-0.2, -0.15) is 15.3 Å². The minimum atomic E-state index is -2.73. The molecule has 5 aromatic rings. The maximum atomic E-state index is 13.9. The van der Waals surface area contributed by atoms with Gasteiger partial charge in [0.1, 0.15) is 6.54 Å². The van der Waals surface area contributed by atoms with E-state index in [0.29, 0.717) is 34.2 Å². The lowest BCUT2D eigenvalue weighted by atomic mass is 10.1. The van der Waals surface area contributed by atoms with E-state index in [0.717, 1.165) is 5.56 Å². The monoisotopic (exact) mass is 510 g/mol. The first kappa shape index (κ1) is 23.6. The van der Waals surface area contributed by atoms with Crippen LogP contribution in [0.1, 0.15) is 23.2 Å². The van der Waals surface area contributed by atoms with Crippen molar-refractivity contribution in [1.29, 1.82) is 0 Å². The number of rotatable bonds is 7. The molecule has 1 aromatic carbocycles. The lowest BCUT2D eigenvalue weighted by Crippen LogP contribution is -2.19. The number of fused-ring (bicyclic) bond motifs is 1. The van der Waals surface area contributed by atoms with Gasteiger partial charge < -0.3 is 5.32 Å². The maximum Gasteiger partial charge on any atom is 0.264 e. The number of aromatic nitrogens is 7. The van der Waals surface area contributed by atoms with Crippen LogP contribution in [0.3, 0.4) is 0 Å². The number of nitrogens with one attached hydrogen (secondary N) is 1. The number of benzene rings is 1. The van der Waals surface area contributed by atoms with Crippen molar-refractivity contribution in [1.82, 2.24) is 34.3 Å². The number of halogens is 3. The predicted molar refractivity (Wildman–Crippen MR) is 131 cm³/mol. The van der Waals surface area contributed by atoms with Gasteiger partial charge in [-0.05, 0) is 30.7 Å². The molecule has 9 nitrogen and oxygen atoms in total. The van der Waals surface area contributed by atoms with Gasteiger partial charge in [-0.3, -0.25) is 14.2 Å². The van der Waals surface area contributed by atoms with Crippen LogP contribution in [0.5, 0.6) is 0 Å². The molecule has 1 amide bonds. The summed E-state index contributed by atoms with van der Waals surface area (Å²) in [7, 11) is 1.73. The molecule has 4 aromatic heterocycles. The third-order valence-corrected chi connectivity index (χ3v) is 5.82. The van der Waals surface area contributed by atoms with Crippen LogP contribution in [-0.4, -0.2) is 40.2 Å². The Kier molecular flexibility index (Phi) is 6.23. The zero-order chi connectivity index (χ0) is 25.4. The van der Waals surface area contributed by atoms with Crippen LogP contribution in [0, 0.1) is 6.92 Å². The van der Waals surface area contributed by atoms with Crippen LogP contribution in [0.15, 0.2) is 55.1 Å². The third-order valence-electron chi connectivity index (χ3n) is 5.59. The standard InChI is InChI=1S/C24H21ClF2N8O/c1-14-22-19(23(26)27)7-20(16-8-28-33(2)11-16)31-24(22)35(32-14)13-21(36)30-18-9-29-34(12-18)10-15-4-3-5-17(25)6-15/h3-9,11-12,23H,10,13H2,1-2H3,(H,30,36). The fourth-order valence-electron chi connectivity index (χ4n) is 4.04. The van der Waals surface area contributed by atoms with Gasteiger partial charge in [0.25, 0.3) is 6.43 Å². The van der Waals surface area contributed by atoms with E-state index in [1.54, 1.807) is 48.0 Å². The average Bonchev–Trinajstić information content (AvgIpc) is 3.53. The Morgan fingerprint density at radius 2 is 2.00 bits per heavy atom. The molecule has 184 valence electrons. The summed E-state index contributed by atoms with van der Waals surface area (Å²) in [6, 6.07) is 8.76. The van der Waals surface area contributed by atoms with Crippen molar-refractivity contribution in [2.75, 3.05) is 5.32 Å². The summed E-state index contributed by atoms with van der Waals surface area (Å²) < 4.78 is 32.4. The number of pyridine rings is 1. The van der Waals surface area contributed by atoms with Gasteiger partial charge in [0.15, 0.2) is 5.65 Å². The molecule has 0 bridgehead atoms. The van der Waals surface area contributed by atoms with Crippen molar-refractivity contribution in [3.05, 3.63) is 77.0 Å². The molecule has 0 aliphatic carbocycles. The van der Waals surface area contributed by atoms with Crippen LogP contribution in [0.25, 0.3) is 22.3 Å². The normalized spacial score (nSPS) is 11.5. The summed E-state index contributed by atoms with van der Waals surface area (Å²) in [5, 5.41) is 16.3. The second kappa shape index (κ2) is 9.50. The number of anilines is 1. The van der Waals surface area contributed by atoms with Gasteiger partial charge >= 0.3 is 0 Å². The van der Waals surface area contributed by atoms with Crippen molar-refractivity contribution in [2.24, 2.45) is 7.05 Å². The number of alkyl halides is 2. The Morgan fingerprint density at radius 3 is 2.72 bits per heavy atom. The summed E-state index contributed by atoms with van der Waals surface area (Å²) in [5.74, 6) is -0.395. The number of nitrogens with zero attached hydrogens (tertiary/aromatic N) is 7. The Morgan fingerprint density at radius 1 is 1.17 bits per heavy atom. The second-order valence-electron chi connectivity index (χ2n) is 8.35. The Balaban J connectivity index is 1.39. The van der Waals surface area contributed by atoms with E-state index in [4.69, 9.17) is 11.6 Å². The van der Waals surface area contributed by atoms with Gasteiger partial charge in [-0.1, -0.05) is 23.7 Å². The van der Waals surface area contributed by atoms with Gasteiger partial charge in [-0.25, -0.2) is 18.4 Å². The zero-order valence-corrected chi connectivity index (χ0v) is 20.1. The third kappa shape index (κ3) is 4.82. The molecular weight excluding hydrogens is 490 g/mol. The van der Waals surface area contributed by atoms with Crippen molar-refractivity contribution in [2.45, 2.75) is 26.4 Å². The predicted octanol–water partition coefficient (Wildman–Crippen LogP) is 4.61. The fraction of sp³-hybridized carbons (Fsp3) is 0.208. The van der Waals surface area contributed by atoms with Crippen LogP contribution in [0.4, 0.5) is 14.5 Å². The minimum absolute atomic E-state index is 0.190. The van der Waals surface area contributed by atoms with Crippen molar-refractivity contribution in [3.8, 4) is 11.3 Å². The number of amides is 1. The minimum Gasteiger partial charge on any atom is -0.322 e. The molecule has 4 heterocycles. The van der Waals surface area contributed by atoms with E-state index in [9.17, 15) is 13.6 Å². The highest BCUT2D eigenvalue weighted by molar-refractivity contribution is 6.30. The van der Waals surface area contributed by atoms with Crippen molar-refractivity contribution < 1.29 is 13.6 Å². The first-order valence-corrected chi connectivity index (χ1v) is 11.4. The molecule has 12 heteroatoms. The Hall–Kier alpha value is -4.12. The molecule has 0 aliphatic heterocycles. The van der Waals surface area contributed by atoms with Crippen molar-refractivity contribution >= 4 is 34.2 Å². The SMILES string of the molecule is Cc1nn(CC(=O)Nc2cnn(Cc3cccc(Cl)c3)c2)c2nc(-c3cnn(C)c3)cc(C(F)F)c12. The van der Waals surface area contributed by atoms with E-state index in [1.165, 1.54) is 16.9 Å². The summed E-state index contributed by atoms with van der Waals surface area (Å²) in [6.07, 6.45) is 3.72. The average molecular weight is 511 g/mol. The molecule has 5 rings (SSSR count). The topological polar surface area (TPSA) is 95.5 Å². The highest BCUT2D eigenvalue weighted by Gasteiger charge is 2.22. The highest BCUT2D eigenvalue weighted by atomic mass is 35.5. The molecule has 0 spiro atoms. The van der Waals surface area contributed by atoms with Gasteiger partial charge in [0, 0.05) is 35.6 Å². The van der Waals surface area contributed by atoms with E-state index in [-0.39, 0.29) is 23.1 Å². The number of hydrogen-bond donors (Lipinski definition) is 1. The molecule has 0 fully saturated rings. The molecule has 1 N–H and O–H groups in total. The van der Waals surface area contributed by atoms with Gasteiger partial charge in [0.05, 0.1) is 41.4 Å². The first-order valence-electron chi connectivity index (χ1n) is 11.0. The largest absolute Gasteiger partial charge is 0.322 e. The number of carbonyl (C=O) groups is 1. The van der Waals surface area contributed by atoms with Crippen LogP contribution >= 0.6 is 11.6 Å². The smallest absolute Gasteiger partial charge is 0.264 e. The van der Waals surface area contributed by atoms with Crippen LogP contribution in [-0.2, 0) is 24.9 Å². The molecule has 0 unspecified atom stereocenters. The fourth-order valence-corrected chi connectivity index (χ4v) is 4.26. The van der Waals surface area contributed by atoms with Gasteiger partial charge in [-0.15, -0.1) is 0 Å². The van der Waals surface area contributed by atoms with Crippen LogP contribution in [0.2, 0.25) is 5.02 Å². The molecule has 0 aliphatic rings. The first-order chi connectivity index (χ1) is 17.3. The summed E-state index contributed by atoms with van der Waals surface area (Å²) in [4.78, 5) is 17.4. The summed E-state index contributed by atoms with van der Waals surface area (Å²) in [6.45, 7) is 1.89. The molecular formula is C24H21ClF2N8O. The van der Waals surface area contributed by atoms with Crippen LogP contribution < -0.4 is 5.32 Å². The molecule has 36 heavy (non-hydrogen) atoms. The summed E-state index contributed by atoms with van der Waals surface area (Å²) in [5.41, 5.74) is 2.76. The van der Waals surface area contributed by atoms with E-state index >= 15 is 0 Å². The quantitative estimate of drug-likeness (QED) is 0.345. The Labute approximate surface area is 209 Å². The number of carbonyl (C=O) groups excluding carboxylic acids is 1. The lowest BCUT2D eigenvalue weighted by Gasteiger charge is -2.08. The van der Waals surface area contributed by atoms with E-state index in [2.05, 4.69) is 25.6 Å².